The van der Waals surface area contributed by atoms with Crippen LogP contribution in [0.4, 0.5) is 0 Å². The van der Waals surface area contributed by atoms with E-state index in [4.69, 9.17) is 4.74 Å². The molecule has 0 bridgehead atoms. The first-order chi connectivity index (χ1) is 9.53. The molecule has 0 aromatic heterocycles. The van der Waals surface area contributed by atoms with Crippen LogP contribution in [-0.4, -0.2) is 33.6 Å². The highest BCUT2D eigenvalue weighted by Crippen LogP contribution is 2.28. The summed E-state index contributed by atoms with van der Waals surface area (Å²) in [5.74, 6) is 3.03. The maximum absolute atomic E-state index is 12.4. The average Bonchev–Trinajstić information content (AvgIpc) is 2.46. The van der Waals surface area contributed by atoms with Crippen molar-refractivity contribution in [2.24, 2.45) is 5.92 Å². The van der Waals surface area contributed by atoms with Crippen LogP contribution in [-0.2, 0) is 10.0 Å². The summed E-state index contributed by atoms with van der Waals surface area (Å²) in [6.07, 6.45) is 2.14. The van der Waals surface area contributed by atoms with E-state index in [1.54, 1.807) is 18.2 Å². The molecule has 1 fully saturated rings. The van der Waals surface area contributed by atoms with Crippen molar-refractivity contribution in [3.05, 3.63) is 22.7 Å². The third-order valence-corrected chi connectivity index (χ3v) is 6.30. The van der Waals surface area contributed by atoms with Crippen LogP contribution in [0, 0.1) is 5.92 Å². The Labute approximate surface area is 132 Å². The van der Waals surface area contributed by atoms with Gasteiger partial charge in [0.2, 0.25) is 10.0 Å². The third kappa shape index (κ3) is 4.13. The number of nitrogens with one attached hydrogen (secondary N) is 1. The van der Waals surface area contributed by atoms with Crippen molar-refractivity contribution in [1.29, 1.82) is 0 Å². The van der Waals surface area contributed by atoms with Crippen molar-refractivity contribution in [2.75, 3.05) is 25.2 Å². The van der Waals surface area contributed by atoms with Gasteiger partial charge in [0.1, 0.15) is 10.6 Å². The fourth-order valence-electron chi connectivity index (χ4n) is 2.12. The molecule has 1 aliphatic heterocycles. The summed E-state index contributed by atoms with van der Waals surface area (Å²) in [4.78, 5) is 0.180. The summed E-state index contributed by atoms with van der Waals surface area (Å²) < 4.78 is 33.3. The molecule has 1 saturated heterocycles. The number of hydrogen-bond acceptors (Lipinski definition) is 4. The van der Waals surface area contributed by atoms with E-state index < -0.39 is 10.0 Å². The minimum absolute atomic E-state index is 0.180. The van der Waals surface area contributed by atoms with Crippen LogP contribution in [0.1, 0.15) is 12.8 Å². The molecule has 2 rings (SSSR count). The first kappa shape index (κ1) is 16.1. The summed E-state index contributed by atoms with van der Waals surface area (Å²) in [5, 5.41) is 0. The minimum Gasteiger partial charge on any atom is -0.495 e. The summed E-state index contributed by atoms with van der Waals surface area (Å²) in [6, 6.07) is 4.98. The number of ether oxygens (including phenoxy) is 1. The lowest BCUT2D eigenvalue weighted by Gasteiger charge is -2.21. The van der Waals surface area contributed by atoms with Gasteiger partial charge in [0.05, 0.1) is 7.11 Å². The second kappa shape index (κ2) is 7.15. The molecule has 0 atom stereocenters. The highest BCUT2D eigenvalue weighted by molar-refractivity contribution is 9.10. The minimum atomic E-state index is -3.54. The topological polar surface area (TPSA) is 55.4 Å². The van der Waals surface area contributed by atoms with Crippen molar-refractivity contribution in [3.63, 3.8) is 0 Å². The number of rotatable bonds is 5. The Balaban J connectivity index is 2.11. The van der Waals surface area contributed by atoms with Gasteiger partial charge in [-0.1, -0.05) is 15.9 Å². The van der Waals surface area contributed by atoms with Gasteiger partial charge in [-0.25, -0.2) is 13.1 Å². The molecule has 20 heavy (non-hydrogen) atoms. The Kier molecular flexibility index (Phi) is 5.77. The Morgan fingerprint density at radius 3 is 2.75 bits per heavy atom. The third-order valence-electron chi connectivity index (χ3n) is 3.32. The van der Waals surface area contributed by atoms with E-state index in [1.807, 2.05) is 11.8 Å². The van der Waals surface area contributed by atoms with Crippen LogP contribution >= 0.6 is 27.7 Å². The van der Waals surface area contributed by atoms with Gasteiger partial charge in [-0.3, -0.25) is 0 Å². The Hall–Kier alpha value is -0.240. The molecule has 1 aromatic carbocycles. The standard InChI is InChI=1S/C13H18BrNO3S2/c1-18-12-3-2-11(14)8-13(12)20(16,17)15-9-10-4-6-19-7-5-10/h2-3,8,10,15H,4-7,9H2,1H3. The maximum atomic E-state index is 12.4. The quantitative estimate of drug-likeness (QED) is 0.854. The molecule has 4 nitrogen and oxygen atoms in total. The molecule has 1 aliphatic rings. The maximum Gasteiger partial charge on any atom is 0.244 e. The second-order valence-corrected chi connectivity index (χ2v) is 8.58. The van der Waals surface area contributed by atoms with Crippen LogP contribution in [0.3, 0.4) is 0 Å². The number of halogens is 1. The fourth-order valence-corrected chi connectivity index (χ4v) is 5.14. The van der Waals surface area contributed by atoms with Gasteiger partial charge < -0.3 is 4.74 Å². The molecule has 1 aromatic rings. The number of thioether (sulfide) groups is 1. The summed E-state index contributed by atoms with van der Waals surface area (Å²) in [5.41, 5.74) is 0. The van der Waals surface area contributed by atoms with Gasteiger partial charge >= 0.3 is 0 Å². The number of sulfonamides is 1. The highest BCUT2D eigenvalue weighted by atomic mass is 79.9. The van der Waals surface area contributed by atoms with E-state index in [1.165, 1.54) is 7.11 Å². The van der Waals surface area contributed by atoms with Crippen molar-refractivity contribution in [3.8, 4) is 5.75 Å². The van der Waals surface area contributed by atoms with Gasteiger partial charge in [-0.05, 0) is 48.5 Å². The summed E-state index contributed by atoms with van der Waals surface area (Å²) in [6.45, 7) is 0.499. The van der Waals surface area contributed by atoms with Crippen LogP contribution in [0.15, 0.2) is 27.6 Å². The van der Waals surface area contributed by atoms with Crippen LogP contribution in [0.5, 0.6) is 5.75 Å². The van der Waals surface area contributed by atoms with Crippen LogP contribution < -0.4 is 9.46 Å². The molecule has 0 spiro atoms. The van der Waals surface area contributed by atoms with E-state index in [-0.39, 0.29) is 4.90 Å². The lowest BCUT2D eigenvalue weighted by molar-refractivity contribution is 0.401. The van der Waals surface area contributed by atoms with Gasteiger partial charge in [0.15, 0.2) is 0 Å². The lowest BCUT2D eigenvalue weighted by Crippen LogP contribution is -2.31. The molecule has 1 heterocycles. The highest BCUT2D eigenvalue weighted by Gasteiger charge is 2.22. The number of methoxy groups -OCH3 is 1. The van der Waals surface area contributed by atoms with E-state index in [0.29, 0.717) is 22.7 Å². The van der Waals surface area contributed by atoms with E-state index in [0.717, 1.165) is 24.3 Å². The van der Waals surface area contributed by atoms with Gasteiger partial charge in [0, 0.05) is 11.0 Å². The Morgan fingerprint density at radius 2 is 2.10 bits per heavy atom. The van der Waals surface area contributed by atoms with E-state index in [2.05, 4.69) is 20.7 Å². The molecule has 0 aliphatic carbocycles. The average molecular weight is 380 g/mol. The van der Waals surface area contributed by atoms with E-state index >= 15 is 0 Å². The molecule has 1 N–H and O–H groups in total. The van der Waals surface area contributed by atoms with Crippen molar-refractivity contribution < 1.29 is 13.2 Å². The fraction of sp³-hybridized carbons (Fsp3) is 0.538. The van der Waals surface area contributed by atoms with Crippen molar-refractivity contribution in [1.82, 2.24) is 4.72 Å². The first-order valence-electron chi connectivity index (χ1n) is 6.44. The van der Waals surface area contributed by atoms with Crippen molar-refractivity contribution >= 4 is 37.7 Å². The van der Waals surface area contributed by atoms with Gasteiger partial charge in [0.25, 0.3) is 0 Å². The number of benzene rings is 1. The molecular weight excluding hydrogens is 362 g/mol. The zero-order valence-electron chi connectivity index (χ0n) is 11.3. The Bertz CT molecular complexity index is 557. The molecule has 0 saturated carbocycles. The summed E-state index contributed by atoms with van der Waals surface area (Å²) in [7, 11) is -2.06. The normalized spacial score (nSPS) is 17.1. The zero-order chi connectivity index (χ0) is 14.6. The molecule has 0 unspecified atom stereocenters. The molecule has 7 heteroatoms. The molecule has 0 amide bonds. The largest absolute Gasteiger partial charge is 0.495 e. The zero-order valence-corrected chi connectivity index (χ0v) is 14.5. The summed E-state index contributed by atoms with van der Waals surface area (Å²) >= 11 is 5.23. The van der Waals surface area contributed by atoms with Gasteiger partial charge in [-0.15, -0.1) is 0 Å². The molecule has 112 valence electrons. The van der Waals surface area contributed by atoms with Crippen LogP contribution in [0.2, 0.25) is 0 Å². The number of hydrogen-bond donors (Lipinski definition) is 1. The molecule has 0 radical (unpaired) electrons. The Morgan fingerprint density at radius 1 is 1.40 bits per heavy atom. The van der Waals surface area contributed by atoms with Gasteiger partial charge in [-0.2, -0.15) is 11.8 Å². The lowest BCUT2D eigenvalue weighted by atomic mass is 10.0. The second-order valence-electron chi connectivity index (χ2n) is 4.70. The smallest absolute Gasteiger partial charge is 0.244 e. The van der Waals surface area contributed by atoms with Crippen LogP contribution in [0.25, 0.3) is 0 Å². The van der Waals surface area contributed by atoms with E-state index in [9.17, 15) is 8.42 Å². The molecular formula is C13H18BrNO3S2. The first-order valence-corrected chi connectivity index (χ1v) is 9.87. The predicted octanol–water partition coefficient (Wildman–Crippen LogP) is 2.88. The monoisotopic (exact) mass is 379 g/mol. The van der Waals surface area contributed by atoms with Crippen molar-refractivity contribution in [2.45, 2.75) is 17.7 Å². The SMILES string of the molecule is COc1ccc(Br)cc1S(=O)(=O)NCC1CCSCC1. The predicted molar refractivity (Wildman–Crippen MR) is 85.9 cm³/mol.